The average molecular weight is 284 g/mol. The number of carbonyl (C=O) groups is 1. The lowest BCUT2D eigenvalue weighted by atomic mass is 10.1. The summed E-state index contributed by atoms with van der Waals surface area (Å²) in [5.74, 6) is 0.0622. The third kappa shape index (κ3) is 4.57. The fourth-order valence-corrected chi connectivity index (χ4v) is 2.57. The van der Waals surface area contributed by atoms with Gasteiger partial charge in [0.1, 0.15) is 0 Å². The van der Waals surface area contributed by atoms with E-state index in [2.05, 4.69) is 36.2 Å². The predicted octanol–water partition coefficient (Wildman–Crippen LogP) is 3.90. The molecule has 112 valence electrons. The van der Waals surface area contributed by atoms with Crippen LogP contribution in [0.3, 0.4) is 0 Å². The topological polar surface area (TPSA) is 32.3 Å². The molecule has 0 unspecified atom stereocenters. The van der Waals surface area contributed by atoms with Crippen molar-refractivity contribution in [2.75, 3.05) is 25.0 Å². The smallest absolute Gasteiger partial charge is 0.238 e. The van der Waals surface area contributed by atoms with Gasteiger partial charge in [-0.15, -0.1) is 0 Å². The maximum absolute atomic E-state index is 12.2. The molecule has 0 fully saturated rings. The van der Waals surface area contributed by atoms with E-state index in [1.165, 1.54) is 5.39 Å². The van der Waals surface area contributed by atoms with Crippen molar-refractivity contribution in [3.05, 3.63) is 42.5 Å². The number of anilines is 1. The van der Waals surface area contributed by atoms with E-state index >= 15 is 0 Å². The number of nitrogens with zero attached hydrogens (tertiary/aromatic N) is 1. The molecule has 0 radical (unpaired) electrons. The Kier molecular flexibility index (Phi) is 5.76. The monoisotopic (exact) mass is 284 g/mol. The second-order valence-corrected chi connectivity index (χ2v) is 5.39. The van der Waals surface area contributed by atoms with Gasteiger partial charge in [0.05, 0.1) is 6.54 Å². The summed E-state index contributed by atoms with van der Waals surface area (Å²) < 4.78 is 0. The van der Waals surface area contributed by atoms with Gasteiger partial charge in [0.15, 0.2) is 0 Å². The third-order valence-electron chi connectivity index (χ3n) is 3.48. The predicted molar refractivity (Wildman–Crippen MR) is 89.6 cm³/mol. The molecule has 1 N–H and O–H groups in total. The van der Waals surface area contributed by atoms with Crippen LogP contribution < -0.4 is 5.32 Å². The highest BCUT2D eigenvalue weighted by Gasteiger charge is 2.09. The molecule has 0 spiro atoms. The van der Waals surface area contributed by atoms with E-state index in [0.717, 1.165) is 37.0 Å². The van der Waals surface area contributed by atoms with E-state index in [4.69, 9.17) is 0 Å². The lowest BCUT2D eigenvalue weighted by molar-refractivity contribution is -0.117. The Morgan fingerprint density at radius 2 is 1.67 bits per heavy atom. The van der Waals surface area contributed by atoms with Crippen LogP contribution in [0.2, 0.25) is 0 Å². The van der Waals surface area contributed by atoms with Gasteiger partial charge in [-0.1, -0.05) is 44.2 Å². The zero-order valence-corrected chi connectivity index (χ0v) is 12.9. The number of nitrogens with one attached hydrogen (secondary N) is 1. The molecule has 0 bridgehead atoms. The van der Waals surface area contributed by atoms with Gasteiger partial charge in [-0.25, -0.2) is 0 Å². The highest BCUT2D eigenvalue weighted by atomic mass is 16.2. The maximum atomic E-state index is 12.2. The third-order valence-corrected chi connectivity index (χ3v) is 3.48. The number of hydrogen-bond donors (Lipinski definition) is 1. The lowest BCUT2D eigenvalue weighted by Crippen LogP contribution is -2.34. The molecule has 2 aromatic rings. The number of carbonyl (C=O) groups excluding carboxylic acids is 1. The average Bonchev–Trinajstić information content (AvgIpc) is 2.47. The van der Waals surface area contributed by atoms with Crippen LogP contribution in [0, 0.1) is 0 Å². The summed E-state index contributed by atoms with van der Waals surface area (Å²) in [5, 5.41) is 5.34. The summed E-state index contributed by atoms with van der Waals surface area (Å²) in [4.78, 5) is 14.4. The Hall–Kier alpha value is -1.87. The van der Waals surface area contributed by atoms with Crippen LogP contribution >= 0.6 is 0 Å². The number of rotatable bonds is 7. The van der Waals surface area contributed by atoms with Crippen molar-refractivity contribution >= 4 is 22.4 Å². The first kappa shape index (κ1) is 15.5. The molecule has 21 heavy (non-hydrogen) atoms. The number of hydrogen-bond acceptors (Lipinski definition) is 2. The van der Waals surface area contributed by atoms with Crippen LogP contribution in [0.15, 0.2) is 42.5 Å². The summed E-state index contributed by atoms with van der Waals surface area (Å²) in [5.41, 5.74) is 0.867. The fourth-order valence-electron chi connectivity index (χ4n) is 2.57. The van der Waals surface area contributed by atoms with Gasteiger partial charge in [0, 0.05) is 5.69 Å². The van der Waals surface area contributed by atoms with E-state index in [1.54, 1.807) is 0 Å². The Balaban J connectivity index is 2.00. The van der Waals surface area contributed by atoms with Crippen molar-refractivity contribution in [2.45, 2.75) is 26.7 Å². The molecule has 3 nitrogen and oxygen atoms in total. The van der Waals surface area contributed by atoms with Gasteiger partial charge >= 0.3 is 0 Å². The molecule has 0 heterocycles. The molecule has 0 aliphatic carbocycles. The van der Waals surface area contributed by atoms with Gasteiger partial charge in [-0.2, -0.15) is 0 Å². The number of benzene rings is 2. The second kappa shape index (κ2) is 7.79. The second-order valence-electron chi connectivity index (χ2n) is 5.39. The fraction of sp³-hybridized carbons (Fsp3) is 0.389. The Morgan fingerprint density at radius 3 is 2.33 bits per heavy atom. The van der Waals surface area contributed by atoms with Gasteiger partial charge in [0.2, 0.25) is 5.91 Å². The van der Waals surface area contributed by atoms with Crippen molar-refractivity contribution in [1.29, 1.82) is 0 Å². The van der Waals surface area contributed by atoms with E-state index in [0.29, 0.717) is 6.54 Å². The first-order chi connectivity index (χ1) is 10.2. The molecule has 0 aliphatic rings. The first-order valence-electron chi connectivity index (χ1n) is 7.74. The summed E-state index contributed by atoms with van der Waals surface area (Å²) in [6.07, 6.45) is 2.15. The van der Waals surface area contributed by atoms with Crippen LogP contribution in [0.5, 0.6) is 0 Å². The van der Waals surface area contributed by atoms with Gasteiger partial charge in [0.25, 0.3) is 0 Å². The molecule has 0 aromatic heterocycles. The van der Waals surface area contributed by atoms with Crippen LogP contribution in [0.25, 0.3) is 10.8 Å². The van der Waals surface area contributed by atoms with Gasteiger partial charge < -0.3 is 5.32 Å². The Morgan fingerprint density at radius 1 is 1.00 bits per heavy atom. The molecule has 2 aromatic carbocycles. The largest absolute Gasteiger partial charge is 0.325 e. The minimum atomic E-state index is 0.0622. The zero-order valence-electron chi connectivity index (χ0n) is 12.9. The SMILES string of the molecule is CCCN(CCC)CC(=O)Nc1ccc2ccccc2c1. The van der Waals surface area contributed by atoms with E-state index in [1.807, 2.05) is 30.3 Å². The van der Waals surface area contributed by atoms with E-state index in [-0.39, 0.29) is 5.91 Å². The van der Waals surface area contributed by atoms with Crippen molar-refractivity contribution in [2.24, 2.45) is 0 Å². The highest BCUT2D eigenvalue weighted by molar-refractivity contribution is 5.95. The molecule has 0 atom stereocenters. The minimum absolute atomic E-state index is 0.0622. The summed E-state index contributed by atoms with van der Waals surface area (Å²) in [6.45, 7) is 6.69. The lowest BCUT2D eigenvalue weighted by Gasteiger charge is -2.20. The normalized spacial score (nSPS) is 11.0. The zero-order chi connectivity index (χ0) is 15.1. The Bertz CT molecular complexity index is 589. The van der Waals surface area contributed by atoms with Crippen molar-refractivity contribution in [3.63, 3.8) is 0 Å². The molecule has 2 rings (SSSR count). The van der Waals surface area contributed by atoms with Gasteiger partial charge in [-0.05, 0) is 48.8 Å². The van der Waals surface area contributed by atoms with Crippen LogP contribution in [-0.4, -0.2) is 30.4 Å². The highest BCUT2D eigenvalue weighted by Crippen LogP contribution is 2.18. The molecular formula is C18H24N2O. The molecule has 3 heteroatoms. The standard InChI is InChI=1S/C18H24N2O/c1-3-11-20(12-4-2)14-18(21)19-17-10-9-15-7-5-6-8-16(15)13-17/h5-10,13H,3-4,11-12,14H2,1-2H3,(H,19,21). The molecule has 0 saturated carbocycles. The van der Waals surface area contributed by atoms with E-state index in [9.17, 15) is 4.79 Å². The summed E-state index contributed by atoms with van der Waals surface area (Å²) in [6, 6.07) is 14.2. The molecule has 0 aliphatic heterocycles. The molecular weight excluding hydrogens is 260 g/mol. The Labute approximate surface area is 127 Å². The van der Waals surface area contributed by atoms with E-state index < -0.39 is 0 Å². The van der Waals surface area contributed by atoms with Crippen LogP contribution in [0.1, 0.15) is 26.7 Å². The van der Waals surface area contributed by atoms with Crippen molar-refractivity contribution in [3.8, 4) is 0 Å². The quantitative estimate of drug-likeness (QED) is 0.836. The van der Waals surface area contributed by atoms with Crippen LogP contribution in [-0.2, 0) is 4.79 Å². The maximum Gasteiger partial charge on any atom is 0.238 e. The summed E-state index contributed by atoms with van der Waals surface area (Å²) >= 11 is 0. The minimum Gasteiger partial charge on any atom is -0.325 e. The molecule has 0 saturated heterocycles. The number of amides is 1. The van der Waals surface area contributed by atoms with Gasteiger partial charge in [-0.3, -0.25) is 9.69 Å². The first-order valence-corrected chi connectivity index (χ1v) is 7.74. The van der Waals surface area contributed by atoms with Crippen molar-refractivity contribution < 1.29 is 4.79 Å². The molecule has 1 amide bonds. The van der Waals surface area contributed by atoms with Crippen molar-refractivity contribution in [1.82, 2.24) is 4.90 Å². The number of fused-ring (bicyclic) bond motifs is 1. The summed E-state index contributed by atoms with van der Waals surface area (Å²) in [7, 11) is 0. The van der Waals surface area contributed by atoms with Crippen LogP contribution in [0.4, 0.5) is 5.69 Å².